The fourth-order valence-electron chi connectivity index (χ4n) is 4.06. The number of amidine groups is 1. The molecule has 1 amide bonds. The Morgan fingerprint density at radius 3 is 2.81 bits per heavy atom. The van der Waals surface area contributed by atoms with Crippen molar-refractivity contribution in [1.82, 2.24) is 30.2 Å². The molecule has 0 aromatic carbocycles. The van der Waals surface area contributed by atoms with E-state index in [1.807, 2.05) is 14.0 Å². The minimum Gasteiger partial charge on any atom is -0.361 e. The summed E-state index contributed by atoms with van der Waals surface area (Å²) in [5.41, 5.74) is 1.07. The molecule has 4 aliphatic heterocycles. The fourth-order valence-corrected chi connectivity index (χ4v) is 4.06. The molecular weight excluding hydrogens is 330 g/mol. The van der Waals surface area contributed by atoms with Crippen molar-refractivity contribution in [3.63, 3.8) is 0 Å². The van der Waals surface area contributed by atoms with Crippen molar-refractivity contribution in [3.8, 4) is 11.8 Å². The predicted molar refractivity (Wildman–Crippen MR) is 99.8 cm³/mol. The zero-order chi connectivity index (χ0) is 18.1. The third-order valence-electron chi connectivity index (χ3n) is 5.35. The molecule has 8 nitrogen and oxygen atoms in total. The van der Waals surface area contributed by atoms with E-state index in [0.29, 0.717) is 13.2 Å². The summed E-state index contributed by atoms with van der Waals surface area (Å²) in [7, 11) is 2.05. The minimum absolute atomic E-state index is 0.0438. The van der Waals surface area contributed by atoms with Gasteiger partial charge >= 0.3 is 0 Å². The molecule has 2 saturated heterocycles. The largest absolute Gasteiger partial charge is 0.361 e. The lowest BCUT2D eigenvalue weighted by molar-refractivity contribution is -0.122. The SMILES string of the molecule is CC#CCN1C2=CN(C)CN(C3CCNC3=O)C2=NC1N1CCNCC1. The fraction of sp³-hybridized carbons (Fsp3) is 0.667. The first-order chi connectivity index (χ1) is 12.7. The Morgan fingerprint density at radius 2 is 2.12 bits per heavy atom. The zero-order valence-electron chi connectivity index (χ0n) is 15.5. The molecule has 2 atom stereocenters. The summed E-state index contributed by atoms with van der Waals surface area (Å²) in [6, 6.07) is -0.138. The number of hydrogen-bond donors (Lipinski definition) is 2. The maximum atomic E-state index is 12.3. The molecule has 0 spiro atoms. The topological polar surface area (TPSA) is 66.5 Å². The summed E-state index contributed by atoms with van der Waals surface area (Å²) >= 11 is 0. The van der Waals surface area contributed by atoms with Crippen LogP contribution >= 0.6 is 0 Å². The first-order valence-corrected chi connectivity index (χ1v) is 9.34. The molecule has 2 fully saturated rings. The van der Waals surface area contributed by atoms with Crippen LogP contribution in [0, 0.1) is 11.8 Å². The Kier molecular flexibility index (Phi) is 4.74. The highest BCUT2D eigenvalue weighted by molar-refractivity contribution is 6.02. The number of nitrogens with zero attached hydrogens (tertiary/aromatic N) is 5. The number of rotatable bonds is 3. The molecule has 8 heteroatoms. The van der Waals surface area contributed by atoms with Crippen molar-refractivity contribution in [2.75, 3.05) is 53.0 Å². The van der Waals surface area contributed by atoms with Gasteiger partial charge in [0.2, 0.25) is 5.91 Å². The lowest BCUT2D eigenvalue weighted by atomic mass is 10.2. The molecule has 2 unspecified atom stereocenters. The summed E-state index contributed by atoms with van der Waals surface area (Å²) < 4.78 is 0. The van der Waals surface area contributed by atoms with E-state index in [-0.39, 0.29) is 18.2 Å². The van der Waals surface area contributed by atoms with Crippen molar-refractivity contribution in [3.05, 3.63) is 11.9 Å². The number of piperazine rings is 1. The van der Waals surface area contributed by atoms with Crippen molar-refractivity contribution < 1.29 is 4.79 Å². The lowest BCUT2D eigenvalue weighted by Gasteiger charge is -2.39. The quantitative estimate of drug-likeness (QED) is 0.622. The highest BCUT2D eigenvalue weighted by Gasteiger charge is 2.43. The number of carbonyl (C=O) groups is 1. The number of amides is 1. The number of aliphatic imine (C=N–C) groups is 1. The predicted octanol–water partition coefficient (Wildman–Crippen LogP) is -1.15. The maximum Gasteiger partial charge on any atom is 0.242 e. The third-order valence-corrected chi connectivity index (χ3v) is 5.35. The molecule has 26 heavy (non-hydrogen) atoms. The highest BCUT2D eigenvalue weighted by atomic mass is 16.2. The van der Waals surface area contributed by atoms with Crippen LogP contribution in [0.5, 0.6) is 0 Å². The van der Waals surface area contributed by atoms with Gasteiger partial charge in [0, 0.05) is 46.0 Å². The molecule has 0 bridgehead atoms. The molecule has 4 heterocycles. The van der Waals surface area contributed by atoms with E-state index in [1.54, 1.807) is 0 Å². The van der Waals surface area contributed by atoms with E-state index in [1.165, 1.54) is 0 Å². The third kappa shape index (κ3) is 3.02. The first kappa shape index (κ1) is 17.2. The Balaban J connectivity index is 1.67. The molecule has 4 aliphatic rings. The van der Waals surface area contributed by atoms with Crippen molar-refractivity contribution in [1.29, 1.82) is 0 Å². The average molecular weight is 357 g/mol. The summed E-state index contributed by atoms with van der Waals surface area (Å²) in [6.07, 6.45) is 2.92. The van der Waals surface area contributed by atoms with Gasteiger partial charge in [0.05, 0.1) is 18.9 Å². The standard InChI is InChI=1S/C18H27N7O/c1-3-4-9-24-15-12-22(2)13-25(14-5-6-20-17(14)26)16(15)21-18(24)23-10-7-19-8-11-23/h12,14,18-19H,5-11,13H2,1-2H3,(H,20,26). The Labute approximate surface area is 154 Å². The lowest BCUT2D eigenvalue weighted by Crippen LogP contribution is -2.53. The van der Waals surface area contributed by atoms with Crippen molar-refractivity contribution >= 4 is 11.7 Å². The van der Waals surface area contributed by atoms with Gasteiger partial charge in [-0.1, -0.05) is 5.92 Å². The van der Waals surface area contributed by atoms with Crippen LogP contribution in [0.1, 0.15) is 13.3 Å². The smallest absolute Gasteiger partial charge is 0.242 e. The van der Waals surface area contributed by atoms with Gasteiger partial charge in [-0.05, 0) is 13.3 Å². The van der Waals surface area contributed by atoms with Gasteiger partial charge < -0.3 is 25.3 Å². The Morgan fingerprint density at radius 1 is 1.31 bits per heavy atom. The number of fused-ring (bicyclic) bond motifs is 1. The van der Waals surface area contributed by atoms with Gasteiger partial charge in [0.1, 0.15) is 6.04 Å². The van der Waals surface area contributed by atoms with Crippen LogP contribution in [0.4, 0.5) is 0 Å². The van der Waals surface area contributed by atoms with E-state index in [9.17, 15) is 4.79 Å². The van der Waals surface area contributed by atoms with Gasteiger partial charge in [-0.25, -0.2) is 4.99 Å². The molecule has 0 saturated carbocycles. The summed E-state index contributed by atoms with van der Waals surface area (Å²) in [4.78, 5) is 26.3. The summed E-state index contributed by atoms with van der Waals surface area (Å²) in [5, 5.41) is 6.36. The van der Waals surface area contributed by atoms with Gasteiger partial charge in [0.15, 0.2) is 12.1 Å². The first-order valence-electron chi connectivity index (χ1n) is 9.34. The van der Waals surface area contributed by atoms with Crippen molar-refractivity contribution in [2.24, 2.45) is 4.99 Å². The molecule has 4 rings (SSSR count). The van der Waals surface area contributed by atoms with Gasteiger partial charge in [-0.3, -0.25) is 9.69 Å². The molecule has 0 aromatic heterocycles. The van der Waals surface area contributed by atoms with Crippen molar-refractivity contribution in [2.45, 2.75) is 25.7 Å². The van der Waals surface area contributed by atoms with Gasteiger partial charge in [0.25, 0.3) is 0 Å². The normalized spacial score (nSPS) is 29.0. The molecule has 140 valence electrons. The van der Waals surface area contributed by atoms with Crippen LogP contribution in [0.3, 0.4) is 0 Å². The maximum absolute atomic E-state index is 12.3. The second kappa shape index (κ2) is 7.17. The number of nitrogens with one attached hydrogen (secondary N) is 2. The van der Waals surface area contributed by atoms with Crippen LogP contribution in [0.25, 0.3) is 0 Å². The van der Waals surface area contributed by atoms with Crippen LogP contribution in [0.2, 0.25) is 0 Å². The summed E-state index contributed by atoms with van der Waals surface area (Å²) in [5.74, 6) is 7.25. The minimum atomic E-state index is -0.138. The Hall–Kier alpha value is -2.24. The van der Waals surface area contributed by atoms with Crippen LogP contribution in [-0.2, 0) is 4.79 Å². The van der Waals surface area contributed by atoms with Gasteiger partial charge in [-0.2, -0.15) is 0 Å². The van der Waals surface area contributed by atoms with E-state index < -0.39 is 0 Å². The molecule has 2 N–H and O–H groups in total. The van der Waals surface area contributed by atoms with E-state index in [4.69, 9.17) is 4.99 Å². The highest BCUT2D eigenvalue weighted by Crippen LogP contribution is 2.30. The average Bonchev–Trinajstić information content (AvgIpc) is 3.23. The zero-order valence-corrected chi connectivity index (χ0v) is 15.5. The second-order valence-electron chi connectivity index (χ2n) is 7.12. The monoisotopic (exact) mass is 357 g/mol. The van der Waals surface area contributed by atoms with Crippen LogP contribution in [-0.4, -0.2) is 96.7 Å². The van der Waals surface area contributed by atoms with Gasteiger partial charge in [-0.15, -0.1) is 5.92 Å². The molecule has 0 radical (unpaired) electrons. The van der Waals surface area contributed by atoms with Crippen LogP contribution < -0.4 is 10.6 Å². The van der Waals surface area contributed by atoms with Crippen LogP contribution in [0.15, 0.2) is 16.9 Å². The molecule has 0 aliphatic carbocycles. The van der Waals surface area contributed by atoms with E-state index in [0.717, 1.165) is 50.7 Å². The van der Waals surface area contributed by atoms with E-state index >= 15 is 0 Å². The molecule has 0 aromatic rings. The second-order valence-corrected chi connectivity index (χ2v) is 7.12. The molecular formula is C18H27N7O. The number of hydrogen-bond acceptors (Lipinski definition) is 7. The number of carbonyl (C=O) groups excluding carboxylic acids is 1. The van der Waals surface area contributed by atoms with E-state index in [2.05, 4.69) is 48.3 Å². The summed E-state index contributed by atoms with van der Waals surface area (Å²) in [6.45, 7) is 7.81. The Bertz CT molecular complexity index is 685.